The Balaban J connectivity index is 1.93. The summed E-state index contributed by atoms with van der Waals surface area (Å²) in [7, 11) is 0.327. The Morgan fingerprint density at radius 3 is 2.23 bits per heavy atom. The monoisotopic (exact) mass is 425 g/mol. The number of nitrogens with zero attached hydrogens (tertiary/aromatic N) is 1. The lowest BCUT2D eigenvalue weighted by molar-refractivity contribution is 0.100. The van der Waals surface area contributed by atoms with Gasteiger partial charge in [0.1, 0.15) is 5.75 Å². The molecule has 154 valence electrons. The molecule has 0 spiro atoms. The van der Waals surface area contributed by atoms with E-state index in [0.717, 1.165) is 4.31 Å². The minimum atomic E-state index is -4.13. The van der Waals surface area contributed by atoms with Crippen molar-refractivity contribution in [2.75, 3.05) is 25.6 Å². The zero-order valence-corrected chi connectivity index (χ0v) is 17.4. The van der Waals surface area contributed by atoms with Crippen LogP contribution in [0.25, 0.3) is 11.1 Å². The van der Waals surface area contributed by atoms with Crippen LogP contribution in [-0.4, -0.2) is 35.7 Å². The molecule has 1 heterocycles. The summed E-state index contributed by atoms with van der Waals surface area (Å²) in [5.41, 5.74) is 1.52. The first kappa shape index (κ1) is 19.8. The molecule has 4 rings (SSSR count). The molecule has 1 amide bonds. The van der Waals surface area contributed by atoms with Gasteiger partial charge >= 0.3 is 0 Å². The lowest BCUT2D eigenvalue weighted by Gasteiger charge is -2.31. The van der Waals surface area contributed by atoms with Gasteiger partial charge in [-0.1, -0.05) is 18.2 Å². The van der Waals surface area contributed by atoms with Crippen LogP contribution in [0.2, 0.25) is 0 Å². The quantitative estimate of drug-likeness (QED) is 0.634. The van der Waals surface area contributed by atoms with E-state index in [2.05, 4.69) is 0 Å². The van der Waals surface area contributed by atoms with Crippen LogP contribution in [0.15, 0.2) is 65.6 Å². The number of amides is 1. The molecule has 7 nitrogen and oxygen atoms in total. The highest BCUT2D eigenvalue weighted by Crippen LogP contribution is 2.45. The molecule has 0 atom stereocenters. The Morgan fingerprint density at radius 2 is 1.53 bits per heavy atom. The largest absolute Gasteiger partial charge is 0.497 e. The number of methoxy groups -OCH3 is 3. The summed E-state index contributed by atoms with van der Waals surface area (Å²) < 4.78 is 43.5. The van der Waals surface area contributed by atoms with E-state index >= 15 is 0 Å². The molecule has 0 bridgehead atoms. The summed E-state index contributed by atoms with van der Waals surface area (Å²) in [6, 6.07) is 16.0. The van der Waals surface area contributed by atoms with Crippen LogP contribution < -0.4 is 18.5 Å². The molecule has 0 aliphatic carbocycles. The number of rotatable bonds is 4. The number of benzene rings is 3. The van der Waals surface area contributed by atoms with Gasteiger partial charge in [0.25, 0.3) is 15.9 Å². The number of anilines is 1. The van der Waals surface area contributed by atoms with E-state index < -0.39 is 15.9 Å². The SMILES string of the molecule is COc1ccc2c(c1)-c1ccccc1S(=O)(=O)N2C(=O)c1ccc(OC)c(OC)c1. The van der Waals surface area contributed by atoms with Crippen LogP contribution in [0, 0.1) is 0 Å². The molecule has 1 aliphatic rings. The van der Waals surface area contributed by atoms with Crippen molar-refractivity contribution in [3.63, 3.8) is 0 Å². The Morgan fingerprint density at radius 1 is 0.800 bits per heavy atom. The Labute approximate surface area is 174 Å². The van der Waals surface area contributed by atoms with Gasteiger partial charge in [0, 0.05) is 16.7 Å². The summed E-state index contributed by atoms with van der Waals surface area (Å²) in [6.07, 6.45) is 0. The summed E-state index contributed by atoms with van der Waals surface area (Å²) in [5.74, 6) is 0.623. The maximum atomic E-state index is 13.4. The molecule has 8 heteroatoms. The minimum Gasteiger partial charge on any atom is -0.497 e. The van der Waals surface area contributed by atoms with E-state index in [4.69, 9.17) is 14.2 Å². The van der Waals surface area contributed by atoms with Gasteiger partial charge in [-0.05, 0) is 42.5 Å². The van der Waals surface area contributed by atoms with Gasteiger partial charge in [-0.3, -0.25) is 4.79 Å². The first-order chi connectivity index (χ1) is 14.4. The number of hydrogen-bond donors (Lipinski definition) is 0. The third-order valence-electron chi connectivity index (χ3n) is 4.93. The molecule has 3 aromatic carbocycles. The third-order valence-corrected chi connectivity index (χ3v) is 6.69. The average molecular weight is 425 g/mol. The zero-order valence-electron chi connectivity index (χ0n) is 16.6. The predicted octanol–water partition coefficient (Wildman–Crippen LogP) is 3.73. The molecular weight excluding hydrogens is 406 g/mol. The molecule has 0 saturated carbocycles. The van der Waals surface area contributed by atoms with E-state index in [9.17, 15) is 13.2 Å². The van der Waals surface area contributed by atoms with Gasteiger partial charge < -0.3 is 14.2 Å². The Bertz CT molecular complexity index is 1250. The molecule has 0 unspecified atom stereocenters. The second-order valence-electron chi connectivity index (χ2n) is 6.52. The van der Waals surface area contributed by atoms with Gasteiger partial charge in [0.15, 0.2) is 11.5 Å². The Kier molecular flexibility index (Phi) is 4.87. The van der Waals surface area contributed by atoms with Crippen molar-refractivity contribution in [2.45, 2.75) is 4.90 Å². The Hall–Kier alpha value is -3.52. The van der Waals surface area contributed by atoms with Gasteiger partial charge in [0.05, 0.1) is 31.9 Å². The van der Waals surface area contributed by atoms with E-state index in [-0.39, 0.29) is 16.1 Å². The molecule has 0 fully saturated rings. The topological polar surface area (TPSA) is 82.1 Å². The van der Waals surface area contributed by atoms with Crippen molar-refractivity contribution in [1.29, 1.82) is 0 Å². The van der Waals surface area contributed by atoms with Crippen LogP contribution in [0.4, 0.5) is 5.69 Å². The highest BCUT2D eigenvalue weighted by atomic mass is 32.2. The molecular formula is C22H19NO6S. The fraction of sp³-hybridized carbons (Fsp3) is 0.136. The van der Waals surface area contributed by atoms with E-state index in [0.29, 0.717) is 28.4 Å². The third kappa shape index (κ3) is 2.96. The predicted molar refractivity (Wildman–Crippen MR) is 112 cm³/mol. The second-order valence-corrected chi connectivity index (χ2v) is 8.28. The fourth-order valence-corrected chi connectivity index (χ4v) is 5.13. The lowest BCUT2D eigenvalue weighted by Crippen LogP contribution is -2.39. The highest BCUT2D eigenvalue weighted by Gasteiger charge is 2.39. The highest BCUT2D eigenvalue weighted by molar-refractivity contribution is 7.93. The molecule has 3 aromatic rings. The van der Waals surface area contributed by atoms with Crippen LogP contribution in [0.3, 0.4) is 0 Å². The van der Waals surface area contributed by atoms with Crippen molar-refractivity contribution in [1.82, 2.24) is 0 Å². The lowest BCUT2D eigenvalue weighted by atomic mass is 10.0. The van der Waals surface area contributed by atoms with Crippen molar-refractivity contribution in [2.24, 2.45) is 0 Å². The first-order valence-corrected chi connectivity index (χ1v) is 10.5. The second kappa shape index (κ2) is 7.38. The van der Waals surface area contributed by atoms with Crippen molar-refractivity contribution in [3.05, 3.63) is 66.2 Å². The van der Waals surface area contributed by atoms with Crippen molar-refractivity contribution < 1.29 is 27.4 Å². The van der Waals surface area contributed by atoms with E-state index in [1.165, 1.54) is 39.5 Å². The number of hydrogen-bond acceptors (Lipinski definition) is 6. The molecule has 0 aromatic heterocycles. The first-order valence-electron chi connectivity index (χ1n) is 9.01. The smallest absolute Gasteiger partial charge is 0.272 e. The van der Waals surface area contributed by atoms with Gasteiger partial charge in [-0.2, -0.15) is 4.31 Å². The summed E-state index contributed by atoms with van der Waals surface area (Å²) in [5, 5.41) is 0. The summed E-state index contributed by atoms with van der Waals surface area (Å²) in [6.45, 7) is 0. The van der Waals surface area contributed by atoms with Crippen LogP contribution in [0.1, 0.15) is 10.4 Å². The number of carbonyl (C=O) groups excluding carboxylic acids is 1. The number of carbonyl (C=O) groups is 1. The maximum absolute atomic E-state index is 13.4. The van der Waals surface area contributed by atoms with Crippen molar-refractivity contribution >= 4 is 21.6 Å². The molecule has 0 saturated heterocycles. The number of fused-ring (bicyclic) bond motifs is 3. The van der Waals surface area contributed by atoms with Crippen LogP contribution in [0.5, 0.6) is 17.2 Å². The zero-order chi connectivity index (χ0) is 21.5. The van der Waals surface area contributed by atoms with E-state index in [1.807, 2.05) is 0 Å². The maximum Gasteiger partial charge on any atom is 0.272 e. The summed E-state index contributed by atoms with van der Waals surface area (Å²) >= 11 is 0. The fourth-order valence-electron chi connectivity index (χ4n) is 3.48. The minimum absolute atomic E-state index is 0.0552. The van der Waals surface area contributed by atoms with Crippen molar-refractivity contribution in [3.8, 4) is 28.4 Å². The van der Waals surface area contributed by atoms with Crippen LogP contribution in [-0.2, 0) is 10.0 Å². The van der Waals surface area contributed by atoms with Gasteiger partial charge in [-0.15, -0.1) is 0 Å². The average Bonchev–Trinajstić information content (AvgIpc) is 2.78. The molecule has 1 aliphatic heterocycles. The van der Waals surface area contributed by atoms with Gasteiger partial charge in [-0.25, -0.2) is 8.42 Å². The standard InChI is InChI=1S/C22H19NO6S/c1-27-15-9-10-18-17(13-15)16-6-4-5-7-21(16)30(25,26)23(18)22(24)14-8-11-19(28-2)20(12-14)29-3/h4-13H,1-3H3. The van der Waals surface area contributed by atoms with Gasteiger partial charge in [0.2, 0.25) is 0 Å². The van der Waals surface area contributed by atoms with Crippen LogP contribution >= 0.6 is 0 Å². The number of ether oxygens (including phenoxy) is 3. The van der Waals surface area contributed by atoms with E-state index in [1.54, 1.807) is 42.5 Å². The normalized spacial score (nSPS) is 13.8. The molecule has 0 radical (unpaired) electrons. The molecule has 0 N–H and O–H groups in total. The number of sulfonamides is 1. The summed E-state index contributed by atoms with van der Waals surface area (Å²) in [4.78, 5) is 13.5. The molecule has 30 heavy (non-hydrogen) atoms.